The molecule has 274 valence electrons. The lowest BCUT2D eigenvalue weighted by molar-refractivity contribution is -0.287. The van der Waals surface area contributed by atoms with Gasteiger partial charge in [0.25, 0.3) is 0 Å². The zero-order valence-electron chi connectivity index (χ0n) is 29.9. The molecule has 1 saturated heterocycles. The lowest BCUT2D eigenvalue weighted by Crippen LogP contribution is -2.77. The number of piperidine rings is 1. The molecule has 13 nitrogen and oxygen atoms in total. The van der Waals surface area contributed by atoms with Crippen LogP contribution < -0.4 is 9.47 Å². The van der Waals surface area contributed by atoms with Crippen molar-refractivity contribution in [1.29, 1.82) is 0 Å². The molecule has 0 radical (unpaired) electrons. The summed E-state index contributed by atoms with van der Waals surface area (Å²) >= 11 is 0. The summed E-state index contributed by atoms with van der Waals surface area (Å²) in [5, 5.41) is 12.9. The Hall–Kier alpha value is -2.52. The Morgan fingerprint density at radius 3 is 2.27 bits per heavy atom. The lowest BCUT2D eigenvalue weighted by Gasteiger charge is -2.69. The van der Waals surface area contributed by atoms with Crippen LogP contribution in [0.4, 0.5) is 0 Å². The average molecular weight is 692 g/mol. The molecule has 3 N–H and O–H groups in total. The molecule has 0 aromatic heterocycles. The number of ether oxygens (including phenoxy) is 8. The molecule has 1 spiro atoms. The van der Waals surface area contributed by atoms with Gasteiger partial charge in [-0.3, -0.25) is 9.69 Å². The second kappa shape index (κ2) is 12.6. The molecule has 7 rings (SSSR count). The van der Waals surface area contributed by atoms with Crippen LogP contribution in [0.3, 0.4) is 0 Å². The summed E-state index contributed by atoms with van der Waals surface area (Å²) in [6, 6.07) is 4.76. The number of benzene rings is 1. The Morgan fingerprint density at radius 1 is 0.959 bits per heavy atom. The fraction of sp³-hybridized carbons (Fsp3) is 0.778. The van der Waals surface area contributed by atoms with Crippen molar-refractivity contribution < 1.29 is 58.1 Å². The van der Waals surface area contributed by atoms with Gasteiger partial charge in [-0.15, -0.1) is 0 Å². The van der Waals surface area contributed by atoms with Gasteiger partial charge in [0.2, 0.25) is 0 Å². The van der Waals surface area contributed by atoms with Crippen LogP contribution in [0.15, 0.2) is 18.2 Å². The van der Waals surface area contributed by atoms with E-state index in [1.807, 2.05) is 0 Å². The van der Waals surface area contributed by atoms with Crippen molar-refractivity contribution in [1.82, 2.24) is 4.90 Å². The van der Waals surface area contributed by atoms with Crippen molar-refractivity contribution in [3.63, 3.8) is 0 Å². The van der Waals surface area contributed by atoms with Gasteiger partial charge in [-0.25, -0.2) is 4.79 Å². The van der Waals surface area contributed by atoms with E-state index in [0.717, 1.165) is 25.9 Å². The second-order valence-corrected chi connectivity index (χ2v) is 15.0. The first-order chi connectivity index (χ1) is 23.0. The standard InChI is InChI=1S/C36H51NO11.H2O/c1-9-37-17-33(18-41-3)13-12-24(44-6)36-21-15-34(40)25(45-7)16-35(48-19(2)38,27(30(36)37)28(46-8)29(33)36)26(21)31(34)47-32(39)20-10-11-22(42-4)23(14-20)43-5;/h10-11,14,21,24-31,40H,9,12-13,15-18H2,1-8H3;1H2/t21-,24+,25+,26-,27+,28+,29-,30?,31-,33+,34+,35-,36+;/m1./s1. The van der Waals surface area contributed by atoms with E-state index in [-0.39, 0.29) is 58.9 Å². The summed E-state index contributed by atoms with van der Waals surface area (Å²) in [5.74, 6) is -1.32. The van der Waals surface area contributed by atoms with E-state index < -0.39 is 46.7 Å². The second-order valence-electron chi connectivity index (χ2n) is 15.0. The van der Waals surface area contributed by atoms with Crippen LogP contribution >= 0.6 is 0 Å². The van der Waals surface area contributed by atoms with Crippen LogP contribution in [0.5, 0.6) is 11.5 Å². The van der Waals surface area contributed by atoms with Gasteiger partial charge >= 0.3 is 11.9 Å². The Morgan fingerprint density at radius 2 is 1.67 bits per heavy atom. The van der Waals surface area contributed by atoms with Gasteiger partial charge in [0, 0.05) is 83.0 Å². The minimum absolute atomic E-state index is 0. The number of hydrogen-bond donors (Lipinski definition) is 1. The SMILES string of the molecule is CCN1C[C@]2(COC)CC[C@H](OC)[C@]34C1[C@H]([C@H](OC)[C@H]23)[C@@]1(OC(C)=O)C[C@H](OC)[C@@]2(O)C[C@@H]4[C@@H]1[C@H]2OC(=O)c1ccc(OC)c(OC)c1.O. The summed E-state index contributed by atoms with van der Waals surface area (Å²) < 4.78 is 49.2. The molecule has 49 heavy (non-hydrogen) atoms. The smallest absolute Gasteiger partial charge is 0.338 e. The molecule has 1 heterocycles. The molecule has 1 aliphatic heterocycles. The van der Waals surface area contributed by atoms with E-state index in [0.29, 0.717) is 24.5 Å². The predicted octanol–water partition coefficient (Wildman–Crippen LogP) is 1.90. The zero-order valence-corrected chi connectivity index (χ0v) is 29.9. The average Bonchev–Trinajstić information content (AvgIpc) is 3.45. The van der Waals surface area contributed by atoms with Crippen molar-refractivity contribution in [2.24, 2.45) is 34.5 Å². The largest absolute Gasteiger partial charge is 0.493 e. The number of aliphatic hydroxyl groups is 1. The Kier molecular flexibility index (Phi) is 9.33. The Labute approximate surface area is 288 Å². The van der Waals surface area contributed by atoms with E-state index >= 15 is 0 Å². The molecule has 1 unspecified atom stereocenters. The number of fused-ring (bicyclic) bond motifs is 2. The summed E-state index contributed by atoms with van der Waals surface area (Å²) in [7, 11) is 9.88. The van der Waals surface area contributed by atoms with E-state index in [4.69, 9.17) is 37.9 Å². The first-order valence-electron chi connectivity index (χ1n) is 17.2. The van der Waals surface area contributed by atoms with Crippen molar-refractivity contribution >= 4 is 11.9 Å². The van der Waals surface area contributed by atoms with Crippen LogP contribution in [0.25, 0.3) is 0 Å². The van der Waals surface area contributed by atoms with Crippen LogP contribution in [0, 0.1) is 34.5 Å². The van der Waals surface area contributed by atoms with Crippen molar-refractivity contribution in [2.45, 2.75) is 81.2 Å². The van der Waals surface area contributed by atoms with Crippen LogP contribution in [-0.2, 0) is 33.2 Å². The van der Waals surface area contributed by atoms with Gasteiger partial charge in [-0.05, 0) is 49.9 Å². The number of rotatable bonds is 11. The minimum atomic E-state index is -1.55. The molecule has 5 aliphatic carbocycles. The molecule has 6 fully saturated rings. The van der Waals surface area contributed by atoms with Crippen LogP contribution in [-0.4, -0.2) is 131 Å². The summed E-state index contributed by atoms with van der Waals surface area (Å²) in [5.41, 5.74) is -3.23. The molecule has 0 amide bonds. The highest BCUT2D eigenvalue weighted by Gasteiger charge is 2.89. The molecule has 13 atom stereocenters. The number of hydrogen-bond acceptors (Lipinski definition) is 12. The van der Waals surface area contributed by atoms with Crippen molar-refractivity contribution in [3.8, 4) is 11.5 Å². The van der Waals surface area contributed by atoms with Gasteiger partial charge in [-0.2, -0.15) is 0 Å². The third-order valence-electron chi connectivity index (χ3n) is 13.6. The fourth-order valence-electron chi connectivity index (χ4n) is 12.7. The maximum Gasteiger partial charge on any atom is 0.338 e. The molecule has 1 aromatic carbocycles. The number of esters is 2. The minimum Gasteiger partial charge on any atom is -0.493 e. The highest BCUT2D eigenvalue weighted by molar-refractivity contribution is 5.90. The van der Waals surface area contributed by atoms with E-state index in [9.17, 15) is 14.7 Å². The van der Waals surface area contributed by atoms with Crippen molar-refractivity contribution in [3.05, 3.63) is 23.8 Å². The first-order valence-corrected chi connectivity index (χ1v) is 17.2. The lowest BCUT2D eigenvalue weighted by atomic mass is 9.43. The predicted molar refractivity (Wildman–Crippen MR) is 174 cm³/mol. The van der Waals surface area contributed by atoms with Crippen LogP contribution in [0.1, 0.15) is 49.9 Å². The summed E-state index contributed by atoms with van der Waals surface area (Å²) in [6.07, 6.45) is -0.0408. The normalized spacial score (nSPS) is 44.1. The highest BCUT2D eigenvalue weighted by Crippen LogP contribution is 2.80. The fourth-order valence-corrected chi connectivity index (χ4v) is 12.7. The zero-order chi connectivity index (χ0) is 34.4. The maximum absolute atomic E-state index is 14.1. The van der Waals surface area contributed by atoms with Crippen molar-refractivity contribution in [2.75, 3.05) is 62.4 Å². The monoisotopic (exact) mass is 691 g/mol. The number of carbonyl (C=O) groups is 2. The number of nitrogens with zero attached hydrogens (tertiary/aromatic N) is 1. The number of likely N-dealkylation sites (tertiary alicyclic amines) is 1. The van der Waals surface area contributed by atoms with Gasteiger partial charge in [0.15, 0.2) is 11.5 Å². The third kappa shape index (κ3) is 4.48. The van der Waals surface area contributed by atoms with E-state index in [1.54, 1.807) is 46.6 Å². The molecular weight excluding hydrogens is 638 g/mol. The molecule has 7 bridgehead atoms. The molecule has 13 heteroatoms. The van der Waals surface area contributed by atoms with Gasteiger partial charge < -0.3 is 48.5 Å². The molecule has 1 aromatic rings. The summed E-state index contributed by atoms with van der Waals surface area (Å²) in [6.45, 7) is 5.75. The van der Waals surface area contributed by atoms with Gasteiger partial charge in [-0.1, -0.05) is 6.92 Å². The maximum atomic E-state index is 14.1. The quantitative estimate of drug-likeness (QED) is 0.336. The van der Waals surface area contributed by atoms with Gasteiger partial charge in [0.1, 0.15) is 17.3 Å². The number of methoxy groups -OCH3 is 6. The van der Waals surface area contributed by atoms with E-state index in [2.05, 4.69) is 11.8 Å². The van der Waals surface area contributed by atoms with E-state index in [1.165, 1.54) is 21.1 Å². The van der Waals surface area contributed by atoms with Crippen LogP contribution in [0.2, 0.25) is 0 Å². The number of carbonyl (C=O) groups excluding carboxylic acids is 2. The Bertz CT molecular complexity index is 1440. The Balaban J connectivity index is 0.00000417. The molecule has 6 aliphatic rings. The highest BCUT2D eigenvalue weighted by atomic mass is 16.6. The first kappa shape index (κ1) is 36.3. The topological polar surface area (TPSA) is 163 Å². The van der Waals surface area contributed by atoms with Gasteiger partial charge in [0.05, 0.1) is 44.7 Å². The molecular formula is C36H53NO12. The molecule has 5 saturated carbocycles. The summed E-state index contributed by atoms with van der Waals surface area (Å²) in [4.78, 5) is 29.9. The third-order valence-corrected chi connectivity index (χ3v) is 13.6.